The fraction of sp³-hybridized carbons (Fsp3) is 0.389. The van der Waals surface area contributed by atoms with E-state index >= 15 is 0 Å². The van der Waals surface area contributed by atoms with E-state index in [1.54, 1.807) is 30.6 Å². The van der Waals surface area contributed by atoms with Crippen molar-refractivity contribution < 1.29 is 9.18 Å². The molecule has 0 bridgehead atoms. The predicted octanol–water partition coefficient (Wildman–Crippen LogP) is 2.41. The van der Waals surface area contributed by atoms with Crippen LogP contribution in [0.2, 0.25) is 5.02 Å². The standard InChI is InChI=1S/C18H18ClFN4O/c19-15-3-1-4-16(20)14(15)7-17(25)23-8-12-10-24(11-13(12)9-23)18-21-5-2-6-22-18/h1-6,12-13H,7-11H2. The molecule has 2 fully saturated rings. The molecule has 1 aromatic carbocycles. The largest absolute Gasteiger partial charge is 0.342 e. The number of amides is 1. The van der Waals surface area contributed by atoms with Gasteiger partial charge in [-0.15, -0.1) is 0 Å². The van der Waals surface area contributed by atoms with Crippen LogP contribution in [-0.2, 0) is 11.2 Å². The molecule has 2 saturated heterocycles. The molecule has 3 heterocycles. The van der Waals surface area contributed by atoms with Crippen molar-refractivity contribution in [2.75, 3.05) is 31.1 Å². The van der Waals surface area contributed by atoms with Gasteiger partial charge in [0.15, 0.2) is 0 Å². The highest BCUT2D eigenvalue weighted by molar-refractivity contribution is 6.31. The molecule has 130 valence electrons. The smallest absolute Gasteiger partial charge is 0.227 e. The van der Waals surface area contributed by atoms with Crippen LogP contribution in [0.3, 0.4) is 0 Å². The van der Waals surface area contributed by atoms with Gasteiger partial charge in [0.1, 0.15) is 5.82 Å². The molecule has 2 aromatic rings. The van der Waals surface area contributed by atoms with E-state index < -0.39 is 5.82 Å². The number of likely N-dealkylation sites (tertiary alicyclic amines) is 1. The molecule has 0 N–H and O–H groups in total. The van der Waals surface area contributed by atoms with Crippen LogP contribution >= 0.6 is 11.6 Å². The number of carbonyl (C=O) groups excluding carboxylic acids is 1. The number of anilines is 1. The number of carbonyl (C=O) groups is 1. The molecule has 2 atom stereocenters. The number of fused-ring (bicyclic) bond motifs is 1. The molecule has 25 heavy (non-hydrogen) atoms. The topological polar surface area (TPSA) is 49.3 Å². The molecule has 2 unspecified atom stereocenters. The first kappa shape index (κ1) is 16.3. The Hall–Kier alpha value is -2.21. The van der Waals surface area contributed by atoms with Crippen molar-refractivity contribution in [1.82, 2.24) is 14.9 Å². The third kappa shape index (κ3) is 3.18. The Morgan fingerprint density at radius 1 is 1.12 bits per heavy atom. The van der Waals surface area contributed by atoms with Crippen molar-refractivity contribution in [3.8, 4) is 0 Å². The normalized spacial score (nSPS) is 22.3. The quantitative estimate of drug-likeness (QED) is 0.843. The molecular formula is C18H18ClFN4O. The van der Waals surface area contributed by atoms with Crippen LogP contribution in [0.5, 0.6) is 0 Å². The highest BCUT2D eigenvalue weighted by Gasteiger charge is 2.42. The molecule has 0 aliphatic carbocycles. The molecule has 5 nitrogen and oxygen atoms in total. The maximum atomic E-state index is 13.9. The zero-order valence-electron chi connectivity index (χ0n) is 13.6. The van der Waals surface area contributed by atoms with Crippen LogP contribution < -0.4 is 4.90 Å². The third-order valence-corrected chi connectivity index (χ3v) is 5.42. The monoisotopic (exact) mass is 360 g/mol. The van der Waals surface area contributed by atoms with Crippen molar-refractivity contribution in [2.24, 2.45) is 11.8 Å². The Kier molecular flexibility index (Phi) is 4.29. The van der Waals surface area contributed by atoms with Gasteiger partial charge in [-0.2, -0.15) is 0 Å². The van der Waals surface area contributed by atoms with Crippen LogP contribution in [0.15, 0.2) is 36.7 Å². The minimum atomic E-state index is -0.423. The number of rotatable bonds is 3. The lowest BCUT2D eigenvalue weighted by Crippen LogP contribution is -2.34. The second-order valence-electron chi connectivity index (χ2n) is 6.65. The second kappa shape index (κ2) is 6.59. The molecule has 7 heteroatoms. The number of halogens is 2. The van der Waals surface area contributed by atoms with E-state index in [9.17, 15) is 9.18 Å². The summed E-state index contributed by atoms with van der Waals surface area (Å²) in [4.78, 5) is 25.2. The lowest BCUT2D eigenvalue weighted by molar-refractivity contribution is -0.129. The molecule has 0 saturated carbocycles. The van der Waals surface area contributed by atoms with E-state index in [-0.39, 0.29) is 17.9 Å². The van der Waals surface area contributed by atoms with Crippen molar-refractivity contribution in [3.05, 3.63) is 53.1 Å². The summed E-state index contributed by atoms with van der Waals surface area (Å²) in [7, 11) is 0. The van der Waals surface area contributed by atoms with Crippen LogP contribution in [0.1, 0.15) is 5.56 Å². The summed E-state index contributed by atoms with van der Waals surface area (Å²) in [5, 5.41) is 0.306. The Morgan fingerprint density at radius 2 is 1.80 bits per heavy atom. The average molecular weight is 361 g/mol. The number of aromatic nitrogens is 2. The van der Waals surface area contributed by atoms with Gasteiger partial charge in [0.05, 0.1) is 6.42 Å². The van der Waals surface area contributed by atoms with E-state index in [1.165, 1.54) is 6.07 Å². The van der Waals surface area contributed by atoms with Crippen molar-refractivity contribution >= 4 is 23.5 Å². The minimum Gasteiger partial charge on any atom is -0.342 e. The van der Waals surface area contributed by atoms with E-state index in [2.05, 4.69) is 14.9 Å². The van der Waals surface area contributed by atoms with E-state index in [0.29, 0.717) is 29.9 Å². The van der Waals surface area contributed by atoms with Crippen molar-refractivity contribution in [2.45, 2.75) is 6.42 Å². The number of hydrogen-bond acceptors (Lipinski definition) is 4. The van der Waals surface area contributed by atoms with Gasteiger partial charge in [0, 0.05) is 61.0 Å². The van der Waals surface area contributed by atoms with Gasteiger partial charge in [0.25, 0.3) is 0 Å². The summed E-state index contributed by atoms with van der Waals surface area (Å²) in [6.45, 7) is 3.08. The predicted molar refractivity (Wildman–Crippen MR) is 92.9 cm³/mol. The maximum absolute atomic E-state index is 13.9. The first-order chi connectivity index (χ1) is 12.1. The number of nitrogens with zero attached hydrogens (tertiary/aromatic N) is 4. The van der Waals surface area contributed by atoms with Gasteiger partial charge in [-0.25, -0.2) is 14.4 Å². The molecule has 0 spiro atoms. The summed E-state index contributed by atoms with van der Waals surface area (Å²) in [6, 6.07) is 6.30. The zero-order chi connectivity index (χ0) is 17.4. The van der Waals surface area contributed by atoms with Crippen LogP contribution in [0, 0.1) is 17.7 Å². The number of benzene rings is 1. The Morgan fingerprint density at radius 3 is 2.44 bits per heavy atom. The van der Waals surface area contributed by atoms with E-state index in [0.717, 1.165) is 19.0 Å². The van der Waals surface area contributed by atoms with E-state index in [1.807, 2.05) is 4.90 Å². The van der Waals surface area contributed by atoms with E-state index in [4.69, 9.17) is 11.6 Å². The Balaban J connectivity index is 1.39. The summed E-state index contributed by atoms with van der Waals surface area (Å²) < 4.78 is 13.9. The molecule has 4 rings (SSSR count). The molecule has 1 amide bonds. The molecule has 0 radical (unpaired) electrons. The van der Waals surface area contributed by atoms with Gasteiger partial charge in [0.2, 0.25) is 11.9 Å². The fourth-order valence-corrected chi connectivity index (χ4v) is 4.01. The molecule has 2 aliphatic heterocycles. The summed E-state index contributed by atoms with van der Waals surface area (Å²) in [5.41, 5.74) is 0.283. The Bertz CT molecular complexity index is 754. The average Bonchev–Trinajstić information content (AvgIpc) is 3.18. The third-order valence-electron chi connectivity index (χ3n) is 5.06. The lowest BCUT2D eigenvalue weighted by Gasteiger charge is -2.22. The van der Waals surface area contributed by atoms with Crippen molar-refractivity contribution in [3.63, 3.8) is 0 Å². The molecular weight excluding hydrogens is 343 g/mol. The maximum Gasteiger partial charge on any atom is 0.227 e. The first-order valence-corrected chi connectivity index (χ1v) is 8.72. The highest BCUT2D eigenvalue weighted by atomic mass is 35.5. The molecule has 2 aliphatic rings. The molecule has 1 aromatic heterocycles. The first-order valence-electron chi connectivity index (χ1n) is 8.34. The minimum absolute atomic E-state index is 0.0104. The zero-order valence-corrected chi connectivity index (χ0v) is 14.4. The highest BCUT2D eigenvalue weighted by Crippen LogP contribution is 2.33. The van der Waals surface area contributed by atoms with Gasteiger partial charge in [-0.1, -0.05) is 17.7 Å². The van der Waals surface area contributed by atoms with Gasteiger partial charge in [-0.3, -0.25) is 4.79 Å². The summed E-state index contributed by atoms with van der Waals surface area (Å²) in [6.07, 6.45) is 3.49. The SMILES string of the molecule is O=C(Cc1c(F)cccc1Cl)N1CC2CN(c3ncccn3)CC2C1. The van der Waals surface area contributed by atoms with Crippen LogP contribution in [0.4, 0.5) is 10.3 Å². The lowest BCUT2D eigenvalue weighted by atomic mass is 10.0. The summed E-state index contributed by atoms with van der Waals surface area (Å²) in [5.74, 6) is 1.07. The van der Waals surface area contributed by atoms with Crippen molar-refractivity contribution in [1.29, 1.82) is 0 Å². The summed E-state index contributed by atoms with van der Waals surface area (Å²) >= 11 is 6.03. The number of hydrogen-bond donors (Lipinski definition) is 0. The van der Waals surface area contributed by atoms with Crippen LogP contribution in [0.25, 0.3) is 0 Å². The van der Waals surface area contributed by atoms with Gasteiger partial charge < -0.3 is 9.80 Å². The van der Waals surface area contributed by atoms with Crippen LogP contribution in [-0.4, -0.2) is 47.0 Å². The fourth-order valence-electron chi connectivity index (χ4n) is 3.78. The van der Waals surface area contributed by atoms with Gasteiger partial charge >= 0.3 is 0 Å². The van der Waals surface area contributed by atoms with Gasteiger partial charge in [-0.05, 0) is 18.2 Å². The Labute approximate surface area is 150 Å². The second-order valence-corrected chi connectivity index (χ2v) is 7.06.